The average Bonchev–Trinajstić information content (AvgIpc) is 2.94. The number of halogens is 1. The van der Waals surface area contributed by atoms with Gasteiger partial charge < -0.3 is 9.84 Å². The van der Waals surface area contributed by atoms with E-state index in [1.54, 1.807) is 0 Å². The fourth-order valence-corrected chi connectivity index (χ4v) is 4.30. The molecule has 1 saturated heterocycles. The van der Waals surface area contributed by atoms with Gasteiger partial charge in [0.25, 0.3) is 0 Å². The van der Waals surface area contributed by atoms with Gasteiger partial charge in [0.2, 0.25) is 0 Å². The number of benzene rings is 3. The molecule has 4 heteroatoms. The summed E-state index contributed by atoms with van der Waals surface area (Å²) in [7, 11) is 0. The number of ether oxygens (including phenoxy) is 1. The Kier molecular flexibility index (Phi) is 4.28. The first-order valence-corrected chi connectivity index (χ1v) is 9.18. The Morgan fingerprint density at radius 2 is 1.84 bits per heavy atom. The van der Waals surface area contributed by atoms with Crippen molar-refractivity contribution < 1.29 is 14.2 Å². The van der Waals surface area contributed by atoms with Crippen molar-refractivity contribution >= 4 is 22.5 Å². The molecule has 0 aliphatic carbocycles. The highest BCUT2D eigenvalue weighted by Crippen LogP contribution is 2.39. The monoisotopic (exact) mass is 354 g/mol. The zero-order chi connectivity index (χ0) is 17.4. The Morgan fingerprint density at radius 1 is 1.04 bits per heavy atom. The predicted molar refractivity (Wildman–Crippen MR) is 98.4 cm³/mol. The topological polar surface area (TPSA) is 29.5 Å². The second-order valence-electron chi connectivity index (χ2n) is 6.47. The lowest BCUT2D eigenvalue weighted by atomic mass is 9.88. The van der Waals surface area contributed by atoms with E-state index < -0.39 is 5.60 Å². The third kappa shape index (κ3) is 3.17. The van der Waals surface area contributed by atoms with Gasteiger partial charge in [0.1, 0.15) is 11.4 Å². The number of rotatable bonds is 3. The van der Waals surface area contributed by atoms with Crippen LogP contribution in [0.2, 0.25) is 0 Å². The van der Waals surface area contributed by atoms with Gasteiger partial charge in [-0.2, -0.15) is 0 Å². The molecule has 1 fully saturated rings. The molecule has 0 radical (unpaired) electrons. The van der Waals surface area contributed by atoms with Crippen LogP contribution in [0, 0.1) is 5.82 Å². The molecule has 1 heterocycles. The molecular formula is C21H19FO2S. The van der Waals surface area contributed by atoms with E-state index in [4.69, 9.17) is 4.74 Å². The zero-order valence-electron chi connectivity index (χ0n) is 13.9. The Hall–Kier alpha value is -1.88. The molecular weight excluding hydrogens is 335 g/mol. The van der Waals surface area contributed by atoms with Crippen LogP contribution in [0.5, 0.6) is 0 Å². The second-order valence-corrected chi connectivity index (χ2v) is 7.62. The van der Waals surface area contributed by atoms with Gasteiger partial charge in [-0.1, -0.05) is 42.1 Å². The van der Waals surface area contributed by atoms with Crippen molar-refractivity contribution in [3.8, 4) is 0 Å². The van der Waals surface area contributed by atoms with E-state index in [-0.39, 0.29) is 11.9 Å². The molecule has 1 N–H and O–H groups in total. The Morgan fingerprint density at radius 3 is 2.60 bits per heavy atom. The predicted octanol–water partition coefficient (Wildman–Crippen LogP) is 5.13. The molecule has 0 amide bonds. The van der Waals surface area contributed by atoms with Gasteiger partial charge in [-0.05, 0) is 53.6 Å². The summed E-state index contributed by atoms with van der Waals surface area (Å²) < 4.78 is 19.7. The molecule has 4 rings (SSSR count). The SMILES string of the molecule is CC1OCCC1(O)c1cc(F)cc(Sc2ccc3ccccc3c2)c1. The molecule has 2 unspecified atom stereocenters. The van der Waals surface area contributed by atoms with Gasteiger partial charge >= 0.3 is 0 Å². The van der Waals surface area contributed by atoms with E-state index >= 15 is 0 Å². The summed E-state index contributed by atoms with van der Waals surface area (Å²) in [6.07, 6.45) is 0.144. The normalized spacial score (nSPS) is 23.2. The highest BCUT2D eigenvalue weighted by atomic mass is 32.2. The largest absolute Gasteiger partial charge is 0.382 e. The first-order valence-electron chi connectivity index (χ1n) is 8.36. The first-order chi connectivity index (χ1) is 12.0. The maximum Gasteiger partial charge on any atom is 0.124 e. The molecule has 128 valence electrons. The van der Waals surface area contributed by atoms with E-state index in [1.165, 1.54) is 29.3 Å². The van der Waals surface area contributed by atoms with E-state index in [0.717, 1.165) is 15.2 Å². The summed E-state index contributed by atoms with van der Waals surface area (Å²) in [4.78, 5) is 1.82. The van der Waals surface area contributed by atoms with Crippen LogP contribution >= 0.6 is 11.8 Å². The third-order valence-corrected chi connectivity index (χ3v) is 5.81. The van der Waals surface area contributed by atoms with Gasteiger partial charge in [0.15, 0.2) is 0 Å². The Labute approximate surface area is 150 Å². The van der Waals surface area contributed by atoms with Crippen LogP contribution in [0.15, 0.2) is 70.5 Å². The van der Waals surface area contributed by atoms with E-state index in [2.05, 4.69) is 24.3 Å². The molecule has 2 atom stereocenters. The van der Waals surface area contributed by atoms with Crippen molar-refractivity contribution in [2.45, 2.75) is 34.8 Å². The number of fused-ring (bicyclic) bond motifs is 1. The Bertz CT molecular complexity index is 927. The standard InChI is InChI=1S/C21H19FO2S/c1-14-21(23,8-9-24-14)17-11-18(22)13-20(12-17)25-19-7-6-15-4-2-3-5-16(15)10-19/h2-7,10-14,23H,8-9H2,1H3. The summed E-state index contributed by atoms with van der Waals surface area (Å²) in [5, 5.41) is 13.2. The average molecular weight is 354 g/mol. The minimum absolute atomic E-state index is 0.340. The van der Waals surface area contributed by atoms with Gasteiger partial charge in [-0.3, -0.25) is 0 Å². The first kappa shape index (κ1) is 16.6. The molecule has 3 aromatic carbocycles. The lowest BCUT2D eigenvalue weighted by molar-refractivity contribution is -0.0320. The van der Waals surface area contributed by atoms with Crippen LogP contribution in [0.4, 0.5) is 4.39 Å². The molecule has 0 spiro atoms. The summed E-state index contributed by atoms with van der Waals surface area (Å²) >= 11 is 1.50. The lowest BCUT2D eigenvalue weighted by Gasteiger charge is -2.27. The van der Waals surface area contributed by atoms with Gasteiger partial charge in [0, 0.05) is 16.2 Å². The number of hydrogen-bond acceptors (Lipinski definition) is 3. The number of hydrogen-bond donors (Lipinski definition) is 1. The van der Waals surface area contributed by atoms with Crippen LogP contribution in [0.1, 0.15) is 18.9 Å². The van der Waals surface area contributed by atoms with Crippen LogP contribution < -0.4 is 0 Å². The number of aliphatic hydroxyl groups is 1. The maximum absolute atomic E-state index is 14.2. The molecule has 0 bridgehead atoms. The molecule has 1 aliphatic heterocycles. The quantitative estimate of drug-likeness (QED) is 0.707. The van der Waals surface area contributed by atoms with Crippen molar-refractivity contribution in [1.29, 1.82) is 0 Å². The maximum atomic E-state index is 14.2. The van der Waals surface area contributed by atoms with E-state index in [1.807, 2.05) is 31.2 Å². The fourth-order valence-electron chi connectivity index (χ4n) is 3.35. The highest BCUT2D eigenvalue weighted by Gasteiger charge is 2.41. The Balaban J connectivity index is 1.68. The smallest absolute Gasteiger partial charge is 0.124 e. The molecule has 2 nitrogen and oxygen atoms in total. The van der Waals surface area contributed by atoms with Crippen molar-refractivity contribution in [3.63, 3.8) is 0 Å². The van der Waals surface area contributed by atoms with Crippen LogP contribution in [-0.2, 0) is 10.3 Å². The van der Waals surface area contributed by atoms with Crippen molar-refractivity contribution in [1.82, 2.24) is 0 Å². The van der Waals surface area contributed by atoms with Gasteiger partial charge in [-0.25, -0.2) is 4.39 Å². The van der Waals surface area contributed by atoms with Crippen molar-refractivity contribution in [3.05, 3.63) is 72.0 Å². The molecule has 0 saturated carbocycles. The van der Waals surface area contributed by atoms with E-state index in [9.17, 15) is 9.50 Å². The lowest BCUT2D eigenvalue weighted by Crippen LogP contribution is -2.33. The molecule has 1 aliphatic rings. The fraction of sp³-hybridized carbons (Fsp3) is 0.238. The highest BCUT2D eigenvalue weighted by molar-refractivity contribution is 7.99. The van der Waals surface area contributed by atoms with Crippen LogP contribution in [0.25, 0.3) is 10.8 Å². The van der Waals surface area contributed by atoms with Crippen LogP contribution in [0.3, 0.4) is 0 Å². The zero-order valence-corrected chi connectivity index (χ0v) is 14.7. The molecule has 3 aromatic rings. The summed E-state index contributed by atoms with van der Waals surface area (Å²) in [6, 6.07) is 19.1. The van der Waals surface area contributed by atoms with Crippen LogP contribution in [-0.4, -0.2) is 17.8 Å². The molecule has 0 aromatic heterocycles. The minimum Gasteiger partial charge on any atom is -0.382 e. The summed E-state index contributed by atoms with van der Waals surface area (Å²) in [6.45, 7) is 2.31. The third-order valence-electron chi connectivity index (χ3n) is 4.85. The minimum atomic E-state index is -1.12. The van der Waals surface area contributed by atoms with Crippen molar-refractivity contribution in [2.24, 2.45) is 0 Å². The molecule has 25 heavy (non-hydrogen) atoms. The second kappa shape index (κ2) is 6.45. The summed E-state index contributed by atoms with van der Waals surface area (Å²) in [5.41, 5.74) is -0.540. The van der Waals surface area contributed by atoms with Crippen molar-refractivity contribution in [2.75, 3.05) is 6.61 Å². The summed E-state index contributed by atoms with van der Waals surface area (Å²) in [5.74, 6) is -0.340. The van der Waals surface area contributed by atoms with Gasteiger partial charge in [-0.15, -0.1) is 0 Å². The van der Waals surface area contributed by atoms with Gasteiger partial charge in [0.05, 0.1) is 12.7 Å². The van der Waals surface area contributed by atoms with E-state index in [0.29, 0.717) is 18.6 Å².